The summed E-state index contributed by atoms with van der Waals surface area (Å²) in [5.41, 5.74) is 2.54. The minimum Gasteiger partial charge on any atom is -0.362 e. The molecule has 1 aliphatic heterocycles. The van der Waals surface area contributed by atoms with Crippen molar-refractivity contribution in [3.8, 4) is 0 Å². The maximum atomic E-state index is 12.1. The number of carbonyl (C=O) groups is 1. The Balaban J connectivity index is 1.76. The number of anilines is 1. The van der Waals surface area contributed by atoms with Gasteiger partial charge in [-0.1, -0.05) is 25.1 Å². The summed E-state index contributed by atoms with van der Waals surface area (Å²) in [4.78, 5) is 14.4. The number of carbonyl (C=O) groups excluding carboxylic acids is 1. The zero-order chi connectivity index (χ0) is 14.7. The van der Waals surface area contributed by atoms with Crippen LogP contribution < -0.4 is 15.5 Å². The molecule has 4 nitrogen and oxygen atoms in total. The molecule has 1 aromatic rings. The summed E-state index contributed by atoms with van der Waals surface area (Å²) < 4.78 is 0. The van der Waals surface area contributed by atoms with E-state index < -0.39 is 0 Å². The maximum absolute atomic E-state index is 12.1. The molecule has 0 aromatic heterocycles. The molecule has 1 fully saturated rings. The third kappa shape index (κ3) is 3.56. The standard InChI is InChI=1S/C17H25N3O/c1-2-18-15-7-5-11-20(12-17(21)19-13-9-10-13)16-8-4-3-6-14(15)16/h3-4,6,8,13,15,18H,2,5,7,9-12H2,1H3,(H,19,21). The Labute approximate surface area is 126 Å². The Morgan fingerprint density at radius 1 is 1.29 bits per heavy atom. The van der Waals surface area contributed by atoms with E-state index in [4.69, 9.17) is 0 Å². The van der Waals surface area contributed by atoms with Gasteiger partial charge in [0.25, 0.3) is 0 Å². The third-order valence-corrected chi connectivity index (χ3v) is 4.30. The van der Waals surface area contributed by atoms with E-state index in [1.807, 2.05) is 0 Å². The van der Waals surface area contributed by atoms with Crippen LogP contribution in [0, 0.1) is 0 Å². The van der Waals surface area contributed by atoms with Crippen LogP contribution in [-0.2, 0) is 4.79 Å². The highest BCUT2D eigenvalue weighted by atomic mass is 16.2. The van der Waals surface area contributed by atoms with Crippen molar-refractivity contribution in [1.82, 2.24) is 10.6 Å². The molecule has 0 saturated heterocycles. The van der Waals surface area contributed by atoms with Crippen LogP contribution in [0.3, 0.4) is 0 Å². The first kappa shape index (κ1) is 14.4. The first-order valence-electron chi connectivity index (χ1n) is 8.14. The molecule has 1 unspecified atom stereocenters. The van der Waals surface area contributed by atoms with E-state index in [1.54, 1.807) is 0 Å². The van der Waals surface area contributed by atoms with Gasteiger partial charge in [0.15, 0.2) is 0 Å². The second-order valence-corrected chi connectivity index (χ2v) is 6.07. The molecule has 1 heterocycles. The Morgan fingerprint density at radius 2 is 2.10 bits per heavy atom. The van der Waals surface area contributed by atoms with Crippen LogP contribution >= 0.6 is 0 Å². The van der Waals surface area contributed by atoms with Crippen molar-refractivity contribution in [2.24, 2.45) is 0 Å². The molecule has 0 radical (unpaired) electrons. The van der Waals surface area contributed by atoms with Crippen molar-refractivity contribution >= 4 is 11.6 Å². The van der Waals surface area contributed by atoms with Crippen molar-refractivity contribution in [3.63, 3.8) is 0 Å². The summed E-state index contributed by atoms with van der Waals surface area (Å²) in [5, 5.41) is 6.66. The summed E-state index contributed by atoms with van der Waals surface area (Å²) in [6.45, 7) is 4.55. The minimum atomic E-state index is 0.161. The SMILES string of the molecule is CCNC1CCCN(CC(=O)NC2CC2)c2ccccc21. The normalized spacial score (nSPS) is 21.6. The number of rotatable bonds is 5. The number of benzene rings is 1. The van der Waals surface area contributed by atoms with Crippen molar-refractivity contribution in [2.75, 3.05) is 24.5 Å². The summed E-state index contributed by atoms with van der Waals surface area (Å²) in [6, 6.07) is 9.35. The van der Waals surface area contributed by atoms with E-state index in [0.29, 0.717) is 18.6 Å². The number of hydrogen-bond donors (Lipinski definition) is 2. The first-order valence-corrected chi connectivity index (χ1v) is 8.14. The van der Waals surface area contributed by atoms with E-state index in [0.717, 1.165) is 38.8 Å². The maximum Gasteiger partial charge on any atom is 0.239 e. The van der Waals surface area contributed by atoms with Crippen LogP contribution in [0.1, 0.15) is 44.2 Å². The van der Waals surface area contributed by atoms with Crippen molar-refractivity contribution < 1.29 is 4.79 Å². The molecule has 3 rings (SSSR count). The van der Waals surface area contributed by atoms with Gasteiger partial charge in [0.2, 0.25) is 5.91 Å². The van der Waals surface area contributed by atoms with Gasteiger partial charge in [-0.05, 0) is 43.9 Å². The molecule has 1 atom stereocenters. The average molecular weight is 287 g/mol. The fourth-order valence-corrected chi connectivity index (χ4v) is 3.13. The zero-order valence-corrected chi connectivity index (χ0v) is 12.8. The number of hydrogen-bond acceptors (Lipinski definition) is 3. The summed E-state index contributed by atoms with van der Waals surface area (Å²) in [5.74, 6) is 0.161. The number of fused-ring (bicyclic) bond motifs is 1. The number of amides is 1. The quantitative estimate of drug-likeness (QED) is 0.873. The molecule has 114 valence electrons. The molecule has 2 N–H and O–H groups in total. The van der Waals surface area contributed by atoms with Gasteiger partial charge < -0.3 is 15.5 Å². The summed E-state index contributed by atoms with van der Waals surface area (Å²) >= 11 is 0. The van der Waals surface area contributed by atoms with E-state index in [1.165, 1.54) is 11.3 Å². The largest absolute Gasteiger partial charge is 0.362 e. The molecule has 2 aliphatic rings. The van der Waals surface area contributed by atoms with Crippen LogP contribution in [-0.4, -0.2) is 31.6 Å². The zero-order valence-electron chi connectivity index (χ0n) is 12.8. The molecule has 1 amide bonds. The van der Waals surface area contributed by atoms with Crippen LogP contribution in [0.4, 0.5) is 5.69 Å². The number of nitrogens with one attached hydrogen (secondary N) is 2. The Hall–Kier alpha value is -1.55. The molecule has 4 heteroatoms. The lowest BCUT2D eigenvalue weighted by Gasteiger charge is -2.25. The Bertz CT molecular complexity index is 499. The van der Waals surface area contributed by atoms with Gasteiger partial charge in [0.05, 0.1) is 6.54 Å². The van der Waals surface area contributed by atoms with Gasteiger partial charge in [0, 0.05) is 24.3 Å². The average Bonchev–Trinajstić information content (AvgIpc) is 3.29. The van der Waals surface area contributed by atoms with E-state index in [2.05, 4.69) is 46.7 Å². The van der Waals surface area contributed by atoms with Gasteiger partial charge in [-0.25, -0.2) is 0 Å². The molecule has 0 bridgehead atoms. The van der Waals surface area contributed by atoms with Crippen molar-refractivity contribution in [1.29, 1.82) is 0 Å². The van der Waals surface area contributed by atoms with Crippen LogP contribution in [0.5, 0.6) is 0 Å². The monoisotopic (exact) mass is 287 g/mol. The smallest absolute Gasteiger partial charge is 0.239 e. The molecule has 1 aliphatic carbocycles. The molecule has 1 aromatic carbocycles. The van der Waals surface area contributed by atoms with Gasteiger partial charge in [-0.2, -0.15) is 0 Å². The lowest BCUT2D eigenvalue weighted by Crippen LogP contribution is -2.38. The minimum absolute atomic E-state index is 0.161. The third-order valence-electron chi connectivity index (χ3n) is 4.30. The lowest BCUT2D eigenvalue weighted by molar-refractivity contribution is -0.119. The molecular formula is C17H25N3O. The van der Waals surface area contributed by atoms with Crippen LogP contribution in [0.15, 0.2) is 24.3 Å². The van der Waals surface area contributed by atoms with Crippen LogP contribution in [0.25, 0.3) is 0 Å². The highest BCUT2D eigenvalue weighted by Gasteiger charge is 2.26. The number of nitrogens with zero attached hydrogens (tertiary/aromatic N) is 1. The van der Waals surface area contributed by atoms with Gasteiger partial charge in [0.1, 0.15) is 0 Å². The van der Waals surface area contributed by atoms with Crippen molar-refractivity contribution in [3.05, 3.63) is 29.8 Å². The van der Waals surface area contributed by atoms with Gasteiger partial charge in [-0.15, -0.1) is 0 Å². The summed E-state index contributed by atoms with van der Waals surface area (Å²) in [7, 11) is 0. The fraction of sp³-hybridized carbons (Fsp3) is 0.588. The lowest BCUT2D eigenvalue weighted by atomic mass is 10.0. The second kappa shape index (κ2) is 6.48. The van der Waals surface area contributed by atoms with E-state index >= 15 is 0 Å². The fourth-order valence-electron chi connectivity index (χ4n) is 3.13. The summed E-state index contributed by atoms with van der Waals surface area (Å²) in [6.07, 6.45) is 4.53. The molecule has 0 spiro atoms. The highest BCUT2D eigenvalue weighted by molar-refractivity contribution is 5.82. The van der Waals surface area contributed by atoms with Crippen molar-refractivity contribution in [2.45, 2.75) is 44.7 Å². The molecule has 21 heavy (non-hydrogen) atoms. The highest BCUT2D eigenvalue weighted by Crippen LogP contribution is 2.32. The van der Waals surface area contributed by atoms with E-state index in [-0.39, 0.29) is 5.91 Å². The second-order valence-electron chi connectivity index (χ2n) is 6.07. The number of para-hydroxylation sites is 1. The predicted octanol–water partition coefficient (Wildman–Crippen LogP) is 2.22. The molecule has 1 saturated carbocycles. The Kier molecular flexibility index (Phi) is 4.44. The van der Waals surface area contributed by atoms with Gasteiger partial charge in [-0.3, -0.25) is 4.79 Å². The van der Waals surface area contributed by atoms with E-state index in [9.17, 15) is 4.79 Å². The Morgan fingerprint density at radius 3 is 2.86 bits per heavy atom. The molecular weight excluding hydrogens is 262 g/mol. The predicted molar refractivity (Wildman–Crippen MR) is 85.5 cm³/mol. The van der Waals surface area contributed by atoms with Gasteiger partial charge >= 0.3 is 0 Å². The topological polar surface area (TPSA) is 44.4 Å². The van der Waals surface area contributed by atoms with Crippen LogP contribution in [0.2, 0.25) is 0 Å². The first-order chi connectivity index (χ1) is 10.3.